The molecule has 16 heteroatoms. The van der Waals surface area contributed by atoms with E-state index in [9.17, 15) is 65.9 Å². The fraction of sp³-hybridized carbons (Fsp3) is 1.00. The van der Waals surface area contributed by atoms with Crippen molar-refractivity contribution in [3.05, 3.63) is 0 Å². The molecule has 0 saturated carbocycles. The predicted molar refractivity (Wildman–Crippen MR) is 68.5 cm³/mol. The lowest BCUT2D eigenvalue weighted by atomic mass is 9.89. The highest BCUT2D eigenvalue weighted by Gasteiger charge is 2.93. The average molecular weight is 552 g/mol. The number of halogens is 16. The lowest BCUT2D eigenvalue weighted by molar-refractivity contribution is -0.452. The molecule has 1 atom stereocenters. The molecule has 0 N–H and O–H groups in total. The van der Waals surface area contributed by atoms with Gasteiger partial charge in [0.2, 0.25) is 0 Å². The Kier molecular flexibility index (Phi) is 7.09. The van der Waals surface area contributed by atoms with E-state index < -0.39 is 58.5 Å². The Labute approximate surface area is 154 Å². The third-order valence-electron chi connectivity index (χ3n) is 3.31. The molecular weight excluding hydrogens is 544 g/mol. The first kappa shape index (κ1) is 26.7. The van der Waals surface area contributed by atoms with Crippen LogP contribution in [0.15, 0.2) is 0 Å². The van der Waals surface area contributed by atoms with Crippen molar-refractivity contribution in [2.24, 2.45) is 0 Å². The maximum Gasteiger partial charge on any atom is 0.460 e. The minimum atomic E-state index is -8.21. The summed E-state index contributed by atoms with van der Waals surface area (Å²) in [4.78, 5) is 0. The molecule has 0 bridgehead atoms. The Morgan fingerprint density at radius 1 is 0.556 bits per heavy atom. The van der Waals surface area contributed by atoms with E-state index in [0.717, 1.165) is 29.5 Å². The van der Waals surface area contributed by atoms with Gasteiger partial charge in [0.05, 0.1) is 0 Å². The Balaban J connectivity index is 6.39. The van der Waals surface area contributed by atoms with E-state index in [1.807, 2.05) is 0 Å². The highest BCUT2D eigenvalue weighted by atomic mass is 127. The lowest BCUT2D eigenvalue weighted by Crippen LogP contribution is -2.72. The first-order valence-corrected chi connectivity index (χ1v) is 7.68. The first-order chi connectivity index (χ1) is 11.5. The van der Waals surface area contributed by atoms with Gasteiger partial charge in [0, 0.05) is 10.3 Å². The van der Waals surface area contributed by atoms with Crippen LogP contribution in [-0.4, -0.2) is 45.6 Å². The molecule has 0 fully saturated rings. The van der Waals surface area contributed by atoms with E-state index in [1.54, 1.807) is 0 Å². The topological polar surface area (TPSA) is 0 Å². The van der Waals surface area contributed by atoms with Gasteiger partial charge < -0.3 is 0 Å². The molecule has 0 aliphatic heterocycles. The summed E-state index contributed by atoms with van der Waals surface area (Å²) in [7, 11) is 0. The number of alkyl halides is 16. The van der Waals surface area contributed by atoms with Gasteiger partial charge in [0.25, 0.3) is 0 Å². The van der Waals surface area contributed by atoms with Crippen molar-refractivity contribution >= 4 is 22.6 Å². The van der Waals surface area contributed by atoms with E-state index >= 15 is 0 Å². The van der Waals surface area contributed by atoms with Gasteiger partial charge in [-0.15, -0.1) is 0 Å². The number of rotatable bonds is 8. The zero-order valence-corrected chi connectivity index (χ0v) is 14.7. The van der Waals surface area contributed by atoms with Crippen LogP contribution in [0.5, 0.6) is 0 Å². The number of hydrogen-bond acceptors (Lipinski definition) is 0. The van der Waals surface area contributed by atoms with E-state index in [2.05, 4.69) is 0 Å². The molecule has 0 radical (unpaired) electrons. The monoisotopic (exact) mass is 552 g/mol. The van der Waals surface area contributed by atoms with Crippen molar-refractivity contribution < 1.29 is 65.9 Å². The Morgan fingerprint density at radius 3 is 1.15 bits per heavy atom. The SMILES string of the molecule is CCC(I)CC(F)(F)C(F)(F)C(F)(F)C(F)(F)C(F)(F)C(F)(F)C(F)(F)F. The highest BCUT2D eigenvalue weighted by Crippen LogP contribution is 2.62. The summed E-state index contributed by atoms with van der Waals surface area (Å²) in [6, 6.07) is 0. The third kappa shape index (κ3) is 3.91. The standard InChI is InChI=1S/C11H8F15I/c1-2-4(27)3-5(12,13)6(14,15)7(16,17)8(18,19)9(20,21)10(22,23)11(24,25)26/h4H,2-3H2,1H3. The van der Waals surface area contributed by atoms with Crippen LogP contribution in [0.4, 0.5) is 65.9 Å². The first-order valence-electron chi connectivity index (χ1n) is 6.43. The number of hydrogen-bond donors (Lipinski definition) is 0. The van der Waals surface area contributed by atoms with Crippen molar-refractivity contribution in [3.8, 4) is 0 Å². The second-order valence-corrected chi connectivity index (χ2v) is 7.05. The summed E-state index contributed by atoms with van der Waals surface area (Å²) in [5, 5.41) is 0. The van der Waals surface area contributed by atoms with Crippen molar-refractivity contribution in [3.63, 3.8) is 0 Å². The average Bonchev–Trinajstić information content (AvgIpc) is 2.44. The van der Waals surface area contributed by atoms with Crippen LogP contribution in [-0.2, 0) is 0 Å². The van der Waals surface area contributed by atoms with E-state index in [-0.39, 0.29) is 0 Å². The lowest BCUT2D eigenvalue weighted by Gasteiger charge is -2.41. The Hall–Kier alpha value is -0.320. The summed E-state index contributed by atoms with van der Waals surface area (Å²) in [5.74, 6) is -45.9. The van der Waals surface area contributed by atoms with Crippen molar-refractivity contribution in [2.45, 2.75) is 65.4 Å². The molecule has 0 aromatic carbocycles. The minimum absolute atomic E-state index is 0.406. The molecule has 0 aliphatic carbocycles. The molecule has 0 spiro atoms. The fourth-order valence-corrected chi connectivity index (χ4v) is 2.10. The smallest absolute Gasteiger partial charge is 0.200 e. The quantitative estimate of drug-likeness (QED) is 0.174. The molecule has 164 valence electrons. The van der Waals surface area contributed by atoms with Gasteiger partial charge in [-0.1, -0.05) is 29.5 Å². The minimum Gasteiger partial charge on any atom is -0.200 e. The Bertz CT molecular complexity index is 520. The second kappa shape index (κ2) is 7.18. The predicted octanol–water partition coefficient (Wildman–Crippen LogP) is 6.96. The normalized spacial score (nSPS) is 17.2. The van der Waals surface area contributed by atoms with E-state index in [0.29, 0.717) is 0 Å². The third-order valence-corrected chi connectivity index (χ3v) is 4.63. The summed E-state index contributed by atoms with van der Waals surface area (Å²) in [6.07, 6.45) is -10.3. The molecule has 1 unspecified atom stereocenters. The zero-order valence-electron chi connectivity index (χ0n) is 12.5. The van der Waals surface area contributed by atoms with E-state index in [1.165, 1.54) is 0 Å². The molecule has 0 nitrogen and oxygen atoms in total. The molecule has 0 amide bonds. The van der Waals surface area contributed by atoms with Gasteiger partial charge in [-0.05, 0) is 6.42 Å². The molecule has 0 aromatic rings. The van der Waals surface area contributed by atoms with Gasteiger partial charge in [-0.25, -0.2) is 0 Å². The van der Waals surface area contributed by atoms with Crippen LogP contribution in [0.2, 0.25) is 0 Å². The van der Waals surface area contributed by atoms with Crippen LogP contribution in [0.25, 0.3) is 0 Å². The molecule has 0 aromatic heterocycles. The summed E-state index contributed by atoms with van der Waals surface area (Å²) in [5.41, 5.74) is 0. The van der Waals surface area contributed by atoms with Crippen molar-refractivity contribution in [2.75, 3.05) is 0 Å². The summed E-state index contributed by atoms with van der Waals surface area (Å²) < 4.78 is 191. The van der Waals surface area contributed by atoms with Gasteiger partial charge in [-0.2, -0.15) is 65.9 Å². The summed E-state index contributed by atoms with van der Waals surface area (Å²) >= 11 is 0.997. The van der Waals surface area contributed by atoms with Gasteiger partial charge >= 0.3 is 41.7 Å². The molecule has 0 rings (SSSR count). The molecule has 0 aliphatic rings. The van der Waals surface area contributed by atoms with E-state index in [4.69, 9.17) is 0 Å². The molecule has 0 heterocycles. The van der Waals surface area contributed by atoms with Gasteiger partial charge in [0.15, 0.2) is 0 Å². The fourth-order valence-electron chi connectivity index (χ4n) is 1.55. The van der Waals surface area contributed by atoms with Crippen LogP contribution in [0.3, 0.4) is 0 Å². The molecular formula is C11H8F15I. The van der Waals surface area contributed by atoms with Gasteiger partial charge in [0.1, 0.15) is 0 Å². The van der Waals surface area contributed by atoms with Crippen LogP contribution in [0, 0.1) is 0 Å². The second-order valence-electron chi connectivity index (χ2n) is 5.28. The molecule has 0 saturated heterocycles. The highest BCUT2D eigenvalue weighted by molar-refractivity contribution is 14.1. The Morgan fingerprint density at radius 2 is 0.852 bits per heavy atom. The van der Waals surface area contributed by atoms with Crippen LogP contribution in [0.1, 0.15) is 19.8 Å². The molecule has 27 heavy (non-hydrogen) atoms. The summed E-state index contributed by atoms with van der Waals surface area (Å²) in [6.45, 7) is 1.07. The zero-order chi connectivity index (χ0) is 22.5. The maximum atomic E-state index is 13.4. The van der Waals surface area contributed by atoms with Gasteiger partial charge in [-0.3, -0.25) is 0 Å². The van der Waals surface area contributed by atoms with Crippen molar-refractivity contribution in [1.82, 2.24) is 0 Å². The maximum absolute atomic E-state index is 13.4. The van der Waals surface area contributed by atoms with Crippen LogP contribution >= 0.6 is 22.6 Å². The largest absolute Gasteiger partial charge is 0.460 e. The van der Waals surface area contributed by atoms with Crippen LogP contribution < -0.4 is 0 Å². The van der Waals surface area contributed by atoms with Crippen molar-refractivity contribution in [1.29, 1.82) is 0 Å².